The molecule has 1 atom stereocenters. The number of halogens is 1. The van der Waals surface area contributed by atoms with Gasteiger partial charge in [-0.25, -0.2) is 0 Å². The number of ether oxygens (including phenoxy) is 2. The van der Waals surface area contributed by atoms with E-state index in [0.29, 0.717) is 19.0 Å². The molecule has 1 aliphatic rings. The molecule has 20 heavy (non-hydrogen) atoms. The highest BCUT2D eigenvalue weighted by molar-refractivity contribution is 9.10. The number of benzene rings is 1. The van der Waals surface area contributed by atoms with E-state index >= 15 is 0 Å². The van der Waals surface area contributed by atoms with Gasteiger partial charge >= 0.3 is 0 Å². The summed E-state index contributed by atoms with van der Waals surface area (Å²) in [4.78, 5) is 2.11. The highest BCUT2D eigenvalue weighted by Gasteiger charge is 2.20. The molecule has 0 saturated heterocycles. The summed E-state index contributed by atoms with van der Waals surface area (Å²) in [7, 11) is 0. The Morgan fingerprint density at radius 3 is 2.55 bits per heavy atom. The van der Waals surface area contributed by atoms with Crippen LogP contribution in [-0.2, 0) is 0 Å². The van der Waals surface area contributed by atoms with Crippen molar-refractivity contribution in [1.82, 2.24) is 0 Å². The summed E-state index contributed by atoms with van der Waals surface area (Å²) in [6, 6.07) is 7.71. The molecule has 2 aromatic rings. The fraction of sp³-hybridized carbons (Fsp3) is 0.333. The van der Waals surface area contributed by atoms with E-state index in [1.165, 1.54) is 4.88 Å². The molecule has 106 valence electrons. The van der Waals surface area contributed by atoms with Crippen molar-refractivity contribution in [2.24, 2.45) is 0 Å². The number of hydrogen-bond donors (Lipinski definition) is 1. The van der Waals surface area contributed by atoms with Crippen molar-refractivity contribution in [1.29, 1.82) is 0 Å². The van der Waals surface area contributed by atoms with Crippen LogP contribution in [0.3, 0.4) is 0 Å². The molecule has 0 bridgehead atoms. The van der Waals surface area contributed by atoms with Gasteiger partial charge in [-0.2, -0.15) is 0 Å². The zero-order chi connectivity index (χ0) is 14.1. The minimum Gasteiger partial charge on any atom is -0.490 e. The number of thiophene rings is 1. The average molecular weight is 355 g/mol. The van der Waals surface area contributed by atoms with Crippen LogP contribution in [0.25, 0.3) is 0 Å². The van der Waals surface area contributed by atoms with Gasteiger partial charge in [0.15, 0.2) is 11.5 Å². The largest absolute Gasteiger partial charge is 0.490 e. The van der Waals surface area contributed by atoms with Crippen LogP contribution < -0.4 is 9.47 Å². The van der Waals surface area contributed by atoms with Crippen LogP contribution in [-0.4, -0.2) is 18.3 Å². The van der Waals surface area contributed by atoms with E-state index in [2.05, 4.69) is 15.9 Å². The lowest BCUT2D eigenvalue weighted by Crippen LogP contribution is -2.00. The zero-order valence-electron chi connectivity index (χ0n) is 11.1. The Balaban J connectivity index is 1.99. The molecule has 3 rings (SSSR count). The Morgan fingerprint density at radius 2 is 1.90 bits per heavy atom. The molecule has 5 heteroatoms. The smallest absolute Gasteiger partial charge is 0.162 e. The van der Waals surface area contributed by atoms with Crippen molar-refractivity contribution in [3.63, 3.8) is 0 Å². The molecule has 1 aromatic heterocycles. The summed E-state index contributed by atoms with van der Waals surface area (Å²) in [6.45, 7) is 3.33. The van der Waals surface area contributed by atoms with Gasteiger partial charge in [0.05, 0.1) is 13.2 Å². The second-order valence-electron chi connectivity index (χ2n) is 4.72. The van der Waals surface area contributed by atoms with E-state index in [9.17, 15) is 5.11 Å². The first kappa shape index (κ1) is 13.9. The molecule has 0 spiro atoms. The van der Waals surface area contributed by atoms with Crippen LogP contribution in [0, 0.1) is 6.92 Å². The monoisotopic (exact) mass is 354 g/mol. The molecule has 1 aromatic carbocycles. The van der Waals surface area contributed by atoms with E-state index in [1.807, 2.05) is 31.2 Å². The standard InChI is InChI=1S/C15H15BrO3S/c1-9-3-4-14(20-9)15(17)10-7-12-13(8-11(10)16)19-6-2-5-18-12/h3-4,7-8,15,17H,2,5-6H2,1H3. The molecule has 0 fully saturated rings. The maximum Gasteiger partial charge on any atom is 0.162 e. The Bertz CT molecular complexity index is 624. The zero-order valence-corrected chi connectivity index (χ0v) is 13.5. The van der Waals surface area contributed by atoms with E-state index in [0.717, 1.165) is 27.1 Å². The van der Waals surface area contributed by atoms with Crippen LogP contribution in [0.4, 0.5) is 0 Å². The van der Waals surface area contributed by atoms with Crippen molar-refractivity contribution in [3.05, 3.63) is 44.1 Å². The van der Waals surface area contributed by atoms with Crippen LogP contribution in [0.2, 0.25) is 0 Å². The minimum absolute atomic E-state index is 0.641. The summed E-state index contributed by atoms with van der Waals surface area (Å²) in [5, 5.41) is 10.5. The predicted molar refractivity (Wildman–Crippen MR) is 82.9 cm³/mol. The third-order valence-corrected chi connectivity index (χ3v) is 4.93. The Hall–Kier alpha value is -1.04. The van der Waals surface area contributed by atoms with Gasteiger partial charge in [-0.1, -0.05) is 15.9 Å². The summed E-state index contributed by atoms with van der Waals surface area (Å²) in [5.41, 5.74) is 0.802. The fourth-order valence-corrected chi connectivity index (χ4v) is 3.58. The van der Waals surface area contributed by atoms with E-state index in [4.69, 9.17) is 9.47 Å². The van der Waals surface area contributed by atoms with Gasteiger partial charge in [-0.3, -0.25) is 0 Å². The minimum atomic E-state index is -0.653. The number of aryl methyl sites for hydroxylation is 1. The Kier molecular flexibility index (Phi) is 4.01. The molecule has 1 N–H and O–H groups in total. The summed E-state index contributed by atoms with van der Waals surface area (Å²) >= 11 is 5.11. The van der Waals surface area contributed by atoms with Gasteiger partial charge in [0.2, 0.25) is 0 Å². The Labute approximate surface area is 130 Å². The van der Waals surface area contributed by atoms with E-state index in [-0.39, 0.29) is 0 Å². The first-order chi connectivity index (χ1) is 9.65. The van der Waals surface area contributed by atoms with Gasteiger partial charge < -0.3 is 14.6 Å². The third-order valence-electron chi connectivity index (χ3n) is 3.19. The first-order valence-corrected chi connectivity index (χ1v) is 8.09. The van der Waals surface area contributed by atoms with Gasteiger partial charge in [0.1, 0.15) is 6.10 Å². The van der Waals surface area contributed by atoms with Gasteiger partial charge in [-0.15, -0.1) is 11.3 Å². The number of aliphatic hydroxyl groups excluding tert-OH is 1. The van der Waals surface area contributed by atoms with Crippen LogP contribution >= 0.6 is 27.3 Å². The summed E-state index contributed by atoms with van der Waals surface area (Å²) in [5.74, 6) is 1.43. The van der Waals surface area contributed by atoms with Gasteiger partial charge in [0.25, 0.3) is 0 Å². The maximum absolute atomic E-state index is 10.5. The molecular weight excluding hydrogens is 340 g/mol. The lowest BCUT2D eigenvalue weighted by atomic mass is 10.1. The highest BCUT2D eigenvalue weighted by Crippen LogP contribution is 2.40. The van der Waals surface area contributed by atoms with Crippen molar-refractivity contribution in [2.75, 3.05) is 13.2 Å². The topological polar surface area (TPSA) is 38.7 Å². The second kappa shape index (κ2) is 5.76. The quantitative estimate of drug-likeness (QED) is 0.883. The molecule has 3 nitrogen and oxygen atoms in total. The highest BCUT2D eigenvalue weighted by atomic mass is 79.9. The third kappa shape index (κ3) is 2.71. The second-order valence-corrected chi connectivity index (χ2v) is 6.90. The number of hydrogen-bond acceptors (Lipinski definition) is 4. The van der Waals surface area contributed by atoms with Crippen molar-refractivity contribution in [2.45, 2.75) is 19.4 Å². The normalized spacial score (nSPS) is 15.8. The lowest BCUT2D eigenvalue weighted by molar-refractivity contribution is 0.222. The maximum atomic E-state index is 10.5. The number of fused-ring (bicyclic) bond motifs is 1. The van der Waals surface area contributed by atoms with Crippen molar-refractivity contribution < 1.29 is 14.6 Å². The van der Waals surface area contributed by atoms with Crippen LogP contribution in [0.1, 0.15) is 27.8 Å². The first-order valence-electron chi connectivity index (χ1n) is 6.48. The van der Waals surface area contributed by atoms with Crippen molar-refractivity contribution in [3.8, 4) is 11.5 Å². The number of aliphatic hydroxyl groups is 1. The molecule has 0 radical (unpaired) electrons. The summed E-state index contributed by atoms with van der Waals surface area (Å²) in [6.07, 6.45) is 0.217. The predicted octanol–water partition coefficient (Wildman–Crippen LogP) is 4.06. The average Bonchev–Trinajstić information content (AvgIpc) is 2.73. The molecule has 1 unspecified atom stereocenters. The molecular formula is C15H15BrO3S. The SMILES string of the molecule is Cc1ccc(C(O)c2cc3c(cc2Br)OCCCO3)s1. The Morgan fingerprint density at radius 1 is 1.20 bits per heavy atom. The van der Waals surface area contributed by atoms with Crippen LogP contribution in [0.5, 0.6) is 11.5 Å². The molecule has 1 aliphatic heterocycles. The molecule has 0 saturated carbocycles. The fourth-order valence-electron chi connectivity index (χ4n) is 2.16. The molecule has 0 aliphatic carbocycles. The van der Waals surface area contributed by atoms with E-state index in [1.54, 1.807) is 11.3 Å². The number of rotatable bonds is 2. The lowest BCUT2D eigenvalue weighted by Gasteiger charge is -2.15. The summed E-state index contributed by atoms with van der Waals surface area (Å²) < 4.78 is 12.2. The van der Waals surface area contributed by atoms with Gasteiger partial charge in [-0.05, 0) is 31.2 Å². The van der Waals surface area contributed by atoms with Crippen LogP contribution in [0.15, 0.2) is 28.7 Å². The molecule has 2 heterocycles. The van der Waals surface area contributed by atoms with Crippen molar-refractivity contribution >= 4 is 27.3 Å². The van der Waals surface area contributed by atoms with Gasteiger partial charge in [0, 0.05) is 26.2 Å². The van der Waals surface area contributed by atoms with E-state index < -0.39 is 6.10 Å². The molecule has 0 amide bonds.